The maximum Gasteiger partial charge on any atom is 0.184 e. The number of rotatable bonds is 1. The molecule has 1 unspecified atom stereocenters. The number of nitrogens with zero attached hydrogens (tertiary/aromatic N) is 2. The molecule has 4 rings (SSSR count). The first-order chi connectivity index (χ1) is 12.4. The number of hydrazone groups is 1. The Kier molecular flexibility index (Phi) is 4.10. The van der Waals surface area contributed by atoms with Gasteiger partial charge in [-0.2, -0.15) is 5.10 Å². The minimum Gasteiger partial charge on any atom is -0.375 e. The number of thiocarbonyl (C=S) groups is 1. The lowest BCUT2D eigenvalue weighted by molar-refractivity contribution is -0.118. The molecule has 1 aromatic carbocycles. The Hall–Kier alpha value is -2.21. The van der Waals surface area contributed by atoms with Crippen molar-refractivity contribution in [3.8, 4) is 0 Å². The fourth-order valence-corrected chi connectivity index (χ4v) is 4.61. The minimum absolute atomic E-state index is 0.0313. The van der Waals surface area contributed by atoms with E-state index in [0.717, 1.165) is 36.4 Å². The zero-order chi connectivity index (χ0) is 18.5. The van der Waals surface area contributed by atoms with Gasteiger partial charge in [-0.3, -0.25) is 10.2 Å². The van der Waals surface area contributed by atoms with Crippen LogP contribution in [-0.2, 0) is 11.2 Å². The predicted molar refractivity (Wildman–Crippen MR) is 107 cm³/mol. The average Bonchev–Trinajstić information content (AvgIpc) is 2.58. The van der Waals surface area contributed by atoms with Gasteiger partial charge in [-0.1, -0.05) is 38.1 Å². The standard InChI is InChI=1S/C20H24N4OS/c1-20(2)10-16-18(17(25)11-20)14(22-23-19(21)26)9-15-13-6-4-3-5-12(13)7-8-24(15)16/h3-6,15H,7-11H2,1-2H3,(H3,21,23,26). The van der Waals surface area contributed by atoms with Crippen LogP contribution in [0, 0.1) is 5.41 Å². The number of hydrogen-bond acceptors (Lipinski definition) is 4. The van der Waals surface area contributed by atoms with Crippen LogP contribution in [0.4, 0.5) is 0 Å². The Morgan fingerprint density at radius 1 is 1.35 bits per heavy atom. The van der Waals surface area contributed by atoms with E-state index in [9.17, 15) is 4.79 Å². The second kappa shape index (κ2) is 6.20. The lowest BCUT2D eigenvalue weighted by Gasteiger charge is -2.48. The minimum atomic E-state index is -0.0313. The van der Waals surface area contributed by atoms with E-state index in [1.807, 2.05) is 0 Å². The van der Waals surface area contributed by atoms with Gasteiger partial charge in [-0.25, -0.2) is 0 Å². The van der Waals surface area contributed by atoms with Gasteiger partial charge in [0.2, 0.25) is 0 Å². The Balaban J connectivity index is 1.84. The molecule has 2 aliphatic heterocycles. The summed E-state index contributed by atoms with van der Waals surface area (Å²) >= 11 is 4.90. The quantitative estimate of drug-likeness (QED) is 0.589. The van der Waals surface area contributed by atoms with E-state index in [1.165, 1.54) is 11.1 Å². The number of carbonyl (C=O) groups is 1. The van der Waals surface area contributed by atoms with E-state index < -0.39 is 0 Å². The molecule has 0 spiro atoms. The van der Waals surface area contributed by atoms with Gasteiger partial charge in [0, 0.05) is 25.1 Å². The Bertz CT molecular complexity index is 855. The molecule has 0 aromatic heterocycles. The van der Waals surface area contributed by atoms with Crippen molar-refractivity contribution in [1.29, 1.82) is 0 Å². The van der Waals surface area contributed by atoms with Crippen LogP contribution in [0.25, 0.3) is 0 Å². The summed E-state index contributed by atoms with van der Waals surface area (Å²) < 4.78 is 0. The van der Waals surface area contributed by atoms with E-state index in [-0.39, 0.29) is 22.4 Å². The molecule has 0 radical (unpaired) electrons. The molecule has 1 aliphatic carbocycles. The number of hydrogen-bond donors (Lipinski definition) is 2. The highest BCUT2D eigenvalue weighted by Gasteiger charge is 2.44. The number of carbonyl (C=O) groups excluding carboxylic acids is 1. The third kappa shape index (κ3) is 2.92. The lowest BCUT2D eigenvalue weighted by atomic mass is 9.71. The average molecular weight is 369 g/mol. The molecular weight excluding hydrogens is 344 g/mol. The van der Waals surface area contributed by atoms with Gasteiger partial charge in [0.25, 0.3) is 0 Å². The summed E-state index contributed by atoms with van der Waals surface area (Å²) in [7, 11) is 0. The fraction of sp³-hybridized carbons (Fsp3) is 0.450. The topological polar surface area (TPSA) is 70.7 Å². The van der Waals surface area contributed by atoms with Gasteiger partial charge in [0.05, 0.1) is 17.3 Å². The van der Waals surface area contributed by atoms with Crippen molar-refractivity contribution in [1.82, 2.24) is 10.3 Å². The largest absolute Gasteiger partial charge is 0.375 e. The van der Waals surface area contributed by atoms with Crippen molar-refractivity contribution >= 4 is 28.8 Å². The molecule has 1 atom stereocenters. The molecule has 5 nitrogen and oxygen atoms in total. The van der Waals surface area contributed by atoms with Gasteiger partial charge in [-0.15, -0.1) is 0 Å². The maximum atomic E-state index is 13.0. The van der Waals surface area contributed by atoms with Crippen molar-refractivity contribution in [2.75, 3.05) is 6.54 Å². The van der Waals surface area contributed by atoms with Gasteiger partial charge in [0.15, 0.2) is 10.9 Å². The first-order valence-corrected chi connectivity index (χ1v) is 9.50. The second-order valence-electron chi connectivity index (χ2n) is 8.16. The van der Waals surface area contributed by atoms with Gasteiger partial charge in [0.1, 0.15) is 0 Å². The van der Waals surface area contributed by atoms with Crippen LogP contribution in [0.5, 0.6) is 0 Å². The van der Waals surface area contributed by atoms with Crippen LogP contribution >= 0.6 is 12.2 Å². The molecule has 0 bridgehead atoms. The van der Waals surface area contributed by atoms with Crippen LogP contribution in [0.15, 0.2) is 40.6 Å². The zero-order valence-electron chi connectivity index (χ0n) is 15.2. The molecule has 0 saturated carbocycles. The van der Waals surface area contributed by atoms with Gasteiger partial charge >= 0.3 is 0 Å². The summed E-state index contributed by atoms with van der Waals surface area (Å²) in [4.78, 5) is 15.4. The van der Waals surface area contributed by atoms with Gasteiger partial charge < -0.3 is 10.6 Å². The lowest BCUT2D eigenvalue weighted by Crippen LogP contribution is -2.46. The number of benzene rings is 1. The normalized spacial score (nSPS) is 25.5. The molecule has 136 valence electrons. The molecule has 0 saturated heterocycles. The van der Waals surface area contributed by atoms with Crippen molar-refractivity contribution in [2.24, 2.45) is 16.3 Å². The summed E-state index contributed by atoms with van der Waals surface area (Å²) in [6.45, 7) is 5.28. The third-order valence-corrected chi connectivity index (χ3v) is 5.68. The van der Waals surface area contributed by atoms with Crippen molar-refractivity contribution in [2.45, 2.75) is 45.6 Å². The third-order valence-electron chi connectivity index (χ3n) is 5.59. The van der Waals surface area contributed by atoms with Crippen LogP contribution in [0.3, 0.4) is 0 Å². The van der Waals surface area contributed by atoms with Crippen LogP contribution in [0.2, 0.25) is 0 Å². The summed E-state index contributed by atoms with van der Waals surface area (Å²) in [5.41, 5.74) is 13.7. The molecule has 26 heavy (non-hydrogen) atoms. The first kappa shape index (κ1) is 17.2. The van der Waals surface area contributed by atoms with E-state index in [4.69, 9.17) is 18.0 Å². The van der Waals surface area contributed by atoms with Crippen LogP contribution in [-0.4, -0.2) is 28.1 Å². The number of allylic oxidation sites excluding steroid dienone is 2. The van der Waals surface area contributed by atoms with E-state index in [2.05, 4.69) is 53.5 Å². The SMILES string of the molecule is CC1(C)CC(=O)C2=C(C1)N1CCc3ccccc3C1CC2=NNC(N)=S. The highest BCUT2D eigenvalue weighted by atomic mass is 32.1. The summed E-state index contributed by atoms with van der Waals surface area (Å²) in [6, 6.07) is 8.81. The molecule has 0 fully saturated rings. The Labute approximate surface area is 159 Å². The van der Waals surface area contributed by atoms with Crippen LogP contribution in [0.1, 0.15) is 50.3 Å². The molecule has 2 heterocycles. The predicted octanol–water partition coefficient (Wildman–Crippen LogP) is 2.82. The van der Waals surface area contributed by atoms with Crippen LogP contribution < -0.4 is 11.2 Å². The highest BCUT2D eigenvalue weighted by molar-refractivity contribution is 7.80. The molecule has 0 amide bonds. The number of nitrogens with two attached hydrogens (primary N) is 1. The van der Waals surface area contributed by atoms with E-state index in [1.54, 1.807) is 0 Å². The van der Waals surface area contributed by atoms with Crippen molar-refractivity contribution < 1.29 is 4.79 Å². The van der Waals surface area contributed by atoms with Crippen molar-refractivity contribution in [3.63, 3.8) is 0 Å². The maximum absolute atomic E-state index is 13.0. The summed E-state index contributed by atoms with van der Waals surface area (Å²) in [5, 5.41) is 4.54. The molecule has 6 heteroatoms. The van der Waals surface area contributed by atoms with Gasteiger partial charge in [-0.05, 0) is 41.6 Å². The molecule has 3 aliphatic rings. The number of nitrogens with one attached hydrogen (secondary N) is 1. The monoisotopic (exact) mass is 368 g/mol. The second-order valence-corrected chi connectivity index (χ2v) is 8.60. The summed E-state index contributed by atoms with van der Waals surface area (Å²) in [6.07, 6.45) is 3.14. The number of fused-ring (bicyclic) bond motifs is 4. The Morgan fingerprint density at radius 3 is 2.88 bits per heavy atom. The number of Topliss-reactive ketones (excluding diaryl/α,β-unsaturated/α-hetero) is 1. The zero-order valence-corrected chi connectivity index (χ0v) is 16.0. The highest BCUT2D eigenvalue weighted by Crippen LogP contribution is 2.47. The smallest absolute Gasteiger partial charge is 0.184 e. The molecule has 3 N–H and O–H groups in total. The summed E-state index contributed by atoms with van der Waals surface area (Å²) in [5.74, 6) is 0.178. The Morgan fingerprint density at radius 2 is 2.12 bits per heavy atom. The van der Waals surface area contributed by atoms with E-state index in [0.29, 0.717) is 12.8 Å². The molecule has 1 aromatic rings. The van der Waals surface area contributed by atoms with Crippen molar-refractivity contribution in [3.05, 3.63) is 46.7 Å². The molecular formula is C20H24N4OS. The fourth-order valence-electron chi connectivity index (χ4n) is 4.56. The first-order valence-electron chi connectivity index (χ1n) is 9.09. The van der Waals surface area contributed by atoms with E-state index >= 15 is 0 Å². The number of ketones is 1.